The molecule has 1 unspecified atom stereocenters. The van der Waals surface area contributed by atoms with E-state index in [0.717, 1.165) is 19.4 Å². The van der Waals surface area contributed by atoms with Crippen LogP contribution in [0.3, 0.4) is 0 Å². The van der Waals surface area contributed by atoms with E-state index in [1.165, 1.54) is 5.69 Å². The molecule has 0 aliphatic rings. The van der Waals surface area contributed by atoms with Gasteiger partial charge in [-0.25, -0.2) is 0 Å². The average molecular weight is 227 g/mol. The molecule has 0 saturated carbocycles. The Morgan fingerprint density at radius 2 is 2.44 bits per heavy atom. The zero-order valence-corrected chi connectivity index (χ0v) is 10.0. The summed E-state index contributed by atoms with van der Waals surface area (Å²) in [6, 6.07) is 2.24. The number of nitrogens with one attached hydrogen (secondary N) is 1. The highest BCUT2D eigenvalue weighted by Gasteiger charge is 2.07. The lowest BCUT2D eigenvalue weighted by atomic mass is 10.2. The Bertz CT molecular complexity index is 283. The van der Waals surface area contributed by atoms with E-state index in [1.807, 2.05) is 17.8 Å². The number of aromatic nitrogens is 2. The van der Waals surface area contributed by atoms with Crippen molar-refractivity contribution in [3.05, 3.63) is 18.0 Å². The van der Waals surface area contributed by atoms with Gasteiger partial charge in [-0.15, -0.1) is 0 Å². The van der Waals surface area contributed by atoms with Crippen LogP contribution >= 0.6 is 0 Å². The number of methoxy groups -OCH3 is 1. The first-order valence-electron chi connectivity index (χ1n) is 5.58. The predicted molar refractivity (Wildman–Crippen MR) is 62.3 cm³/mol. The third-order valence-corrected chi connectivity index (χ3v) is 2.58. The molecular formula is C11H21N3O2. The van der Waals surface area contributed by atoms with E-state index in [2.05, 4.69) is 10.4 Å². The molecule has 0 amide bonds. The topological polar surface area (TPSA) is 59.3 Å². The van der Waals surface area contributed by atoms with Gasteiger partial charge in [-0.3, -0.25) is 4.68 Å². The summed E-state index contributed by atoms with van der Waals surface area (Å²) < 4.78 is 6.95. The number of aliphatic hydroxyl groups excluding tert-OH is 1. The van der Waals surface area contributed by atoms with Crippen LogP contribution in [0.5, 0.6) is 0 Å². The van der Waals surface area contributed by atoms with E-state index in [1.54, 1.807) is 13.3 Å². The van der Waals surface area contributed by atoms with Crippen LogP contribution in [0.15, 0.2) is 12.3 Å². The third-order valence-electron chi connectivity index (χ3n) is 2.58. The van der Waals surface area contributed by atoms with Gasteiger partial charge in [0.2, 0.25) is 0 Å². The summed E-state index contributed by atoms with van der Waals surface area (Å²) in [5.74, 6) is 0. The first kappa shape index (κ1) is 13.2. The normalized spacial score (nSPS) is 12.9. The van der Waals surface area contributed by atoms with Crippen molar-refractivity contribution in [1.29, 1.82) is 0 Å². The molecule has 0 bridgehead atoms. The number of aryl methyl sites for hydroxylation is 1. The van der Waals surface area contributed by atoms with Gasteiger partial charge in [0.05, 0.1) is 6.61 Å². The van der Waals surface area contributed by atoms with Crippen molar-refractivity contribution >= 4 is 0 Å². The summed E-state index contributed by atoms with van der Waals surface area (Å²) >= 11 is 0. The fourth-order valence-corrected chi connectivity index (χ4v) is 1.65. The van der Waals surface area contributed by atoms with Crippen molar-refractivity contribution in [2.45, 2.75) is 18.9 Å². The highest BCUT2D eigenvalue weighted by molar-refractivity contribution is 5.00. The molecule has 0 aliphatic carbocycles. The number of rotatable bonds is 8. The minimum atomic E-state index is 0.187. The maximum absolute atomic E-state index is 8.88. The number of hydrogen-bond acceptors (Lipinski definition) is 4. The standard InChI is InChI=1S/C11H21N3O2/c1-14-11(4-7-13-14)3-6-12-10(5-8-15)9-16-2/h4,7,10,12,15H,3,5-6,8-9H2,1-2H3. The second-order valence-electron chi connectivity index (χ2n) is 3.81. The smallest absolute Gasteiger partial charge is 0.0616 e. The van der Waals surface area contributed by atoms with Gasteiger partial charge >= 0.3 is 0 Å². The van der Waals surface area contributed by atoms with E-state index >= 15 is 0 Å². The molecule has 1 atom stereocenters. The molecule has 1 aromatic heterocycles. The fraction of sp³-hybridized carbons (Fsp3) is 0.727. The van der Waals surface area contributed by atoms with E-state index in [9.17, 15) is 0 Å². The summed E-state index contributed by atoms with van der Waals surface area (Å²) in [4.78, 5) is 0. The quantitative estimate of drug-likeness (QED) is 0.654. The summed E-state index contributed by atoms with van der Waals surface area (Å²) in [5, 5.41) is 16.4. The van der Waals surface area contributed by atoms with E-state index in [4.69, 9.17) is 9.84 Å². The summed E-state index contributed by atoms with van der Waals surface area (Å²) in [6.07, 6.45) is 3.46. The Labute approximate surface area is 96.4 Å². The molecule has 0 fully saturated rings. The molecule has 0 saturated heterocycles. The Hall–Kier alpha value is -0.910. The van der Waals surface area contributed by atoms with Crippen molar-refractivity contribution < 1.29 is 9.84 Å². The number of aliphatic hydroxyl groups is 1. The van der Waals surface area contributed by atoms with Crippen molar-refractivity contribution in [1.82, 2.24) is 15.1 Å². The maximum atomic E-state index is 8.88. The minimum Gasteiger partial charge on any atom is -0.396 e. The van der Waals surface area contributed by atoms with Gasteiger partial charge < -0.3 is 15.2 Å². The molecule has 1 aromatic rings. The summed E-state index contributed by atoms with van der Waals surface area (Å²) in [5.41, 5.74) is 1.20. The van der Waals surface area contributed by atoms with Gasteiger partial charge in [0.1, 0.15) is 0 Å². The highest BCUT2D eigenvalue weighted by atomic mass is 16.5. The maximum Gasteiger partial charge on any atom is 0.0616 e. The van der Waals surface area contributed by atoms with Gasteiger partial charge in [0, 0.05) is 51.7 Å². The molecule has 16 heavy (non-hydrogen) atoms. The zero-order chi connectivity index (χ0) is 11.8. The molecule has 1 heterocycles. The number of ether oxygens (including phenoxy) is 1. The van der Waals surface area contributed by atoms with Crippen molar-refractivity contribution in [2.75, 3.05) is 26.9 Å². The van der Waals surface area contributed by atoms with Gasteiger partial charge in [-0.05, 0) is 12.5 Å². The van der Waals surface area contributed by atoms with Crippen LogP contribution in [0, 0.1) is 0 Å². The number of nitrogens with zero attached hydrogens (tertiary/aromatic N) is 2. The van der Waals surface area contributed by atoms with Gasteiger partial charge in [-0.2, -0.15) is 5.10 Å². The van der Waals surface area contributed by atoms with Gasteiger partial charge in [0.15, 0.2) is 0 Å². The lowest BCUT2D eigenvalue weighted by molar-refractivity contribution is 0.149. The lowest BCUT2D eigenvalue weighted by Crippen LogP contribution is -2.35. The fourth-order valence-electron chi connectivity index (χ4n) is 1.65. The predicted octanol–water partition coefficient (Wildman–Crippen LogP) is -0.0504. The second kappa shape index (κ2) is 7.38. The molecule has 0 spiro atoms. The van der Waals surface area contributed by atoms with Gasteiger partial charge in [0.25, 0.3) is 0 Å². The molecule has 2 N–H and O–H groups in total. The van der Waals surface area contributed by atoms with E-state index in [-0.39, 0.29) is 12.6 Å². The van der Waals surface area contributed by atoms with E-state index in [0.29, 0.717) is 6.61 Å². The van der Waals surface area contributed by atoms with Gasteiger partial charge in [-0.1, -0.05) is 0 Å². The van der Waals surface area contributed by atoms with Crippen molar-refractivity contribution in [2.24, 2.45) is 7.05 Å². The van der Waals surface area contributed by atoms with E-state index < -0.39 is 0 Å². The zero-order valence-electron chi connectivity index (χ0n) is 10.0. The largest absolute Gasteiger partial charge is 0.396 e. The molecule has 5 nitrogen and oxygen atoms in total. The van der Waals surface area contributed by atoms with Crippen LogP contribution in [-0.2, 0) is 18.2 Å². The van der Waals surface area contributed by atoms with Crippen LogP contribution in [0.4, 0.5) is 0 Å². The molecule has 5 heteroatoms. The first-order valence-corrected chi connectivity index (χ1v) is 5.58. The van der Waals surface area contributed by atoms with Crippen molar-refractivity contribution in [3.63, 3.8) is 0 Å². The van der Waals surface area contributed by atoms with Crippen LogP contribution in [0.2, 0.25) is 0 Å². The van der Waals surface area contributed by atoms with Crippen LogP contribution in [0.1, 0.15) is 12.1 Å². The molecule has 92 valence electrons. The Morgan fingerprint density at radius 1 is 1.62 bits per heavy atom. The highest BCUT2D eigenvalue weighted by Crippen LogP contribution is 1.98. The molecular weight excluding hydrogens is 206 g/mol. The monoisotopic (exact) mass is 227 g/mol. The molecule has 0 aliphatic heterocycles. The third kappa shape index (κ3) is 4.30. The Morgan fingerprint density at radius 3 is 3.00 bits per heavy atom. The Kier molecular flexibility index (Phi) is 6.07. The van der Waals surface area contributed by atoms with Crippen LogP contribution in [-0.4, -0.2) is 47.8 Å². The van der Waals surface area contributed by atoms with Crippen LogP contribution in [0.25, 0.3) is 0 Å². The molecule has 1 rings (SSSR count). The molecule has 0 aromatic carbocycles. The summed E-state index contributed by atoms with van der Waals surface area (Å²) in [6.45, 7) is 1.69. The van der Waals surface area contributed by atoms with Crippen LogP contribution < -0.4 is 5.32 Å². The Balaban J connectivity index is 2.24. The lowest BCUT2D eigenvalue weighted by Gasteiger charge is -2.16. The van der Waals surface area contributed by atoms with Crippen molar-refractivity contribution in [3.8, 4) is 0 Å². The second-order valence-corrected chi connectivity index (χ2v) is 3.81. The number of hydrogen-bond donors (Lipinski definition) is 2. The SMILES string of the molecule is COCC(CCO)NCCc1ccnn1C. The minimum absolute atomic E-state index is 0.187. The summed E-state index contributed by atoms with van der Waals surface area (Å²) in [7, 11) is 3.61. The first-order chi connectivity index (χ1) is 7.77. The average Bonchev–Trinajstić information content (AvgIpc) is 2.65. The molecule has 0 radical (unpaired) electrons.